The molecule has 11 heteroatoms. The van der Waals surface area contributed by atoms with E-state index < -0.39 is 12.0 Å². The second kappa shape index (κ2) is 12.0. The van der Waals surface area contributed by atoms with Crippen molar-refractivity contribution in [1.29, 1.82) is 0 Å². The highest BCUT2D eigenvalue weighted by molar-refractivity contribution is 7.07. The predicted molar refractivity (Wildman–Crippen MR) is 151 cm³/mol. The van der Waals surface area contributed by atoms with Gasteiger partial charge in [0.1, 0.15) is 18.4 Å². The molecule has 0 fully saturated rings. The molecule has 0 bridgehead atoms. The van der Waals surface area contributed by atoms with Crippen LogP contribution in [0.4, 0.5) is 0 Å². The van der Waals surface area contributed by atoms with Crippen molar-refractivity contribution in [3.05, 3.63) is 82.5 Å². The van der Waals surface area contributed by atoms with Crippen molar-refractivity contribution < 1.29 is 23.7 Å². The minimum Gasteiger partial charge on any atom is -0.496 e. The molecule has 0 aliphatic carbocycles. The van der Waals surface area contributed by atoms with E-state index in [9.17, 15) is 9.59 Å². The first-order valence-corrected chi connectivity index (χ1v) is 13.3. The monoisotopic (exact) mass is 586 g/mol. The lowest BCUT2D eigenvalue weighted by Gasteiger charge is -2.25. The van der Waals surface area contributed by atoms with Crippen LogP contribution in [0.5, 0.6) is 17.2 Å². The third-order valence-corrected chi connectivity index (χ3v) is 7.34. The maximum atomic E-state index is 13.9. The molecule has 0 N–H and O–H groups in total. The molecule has 0 spiro atoms. The molecular weight excluding hydrogens is 563 g/mol. The zero-order valence-electron chi connectivity index (χ0n) is 21.5. The van der Waals surface area contributed by atoms with Crippen molar-refractivity contribution in [1.82, 2.24) is 4.57 Å². The van der Waals surface area contributed by atoms with Crippen molar-refractivity contribution >= 4 is 46.6 Å². The lowest BCUT2D eigenvalue weighted by Crippen LogP contribution is -2.40. The van der Waals surface area contributed by atoms with Gasteiger partial charge in [-0.25, -0.2) is 9.79 Å². The second-order valence-corrected chi connectivity index (χ2v) is 10.1. The van der Waals surface area contributed by atoms with E-state index in [1.807, 2.05) is 6.92 Å². The fraction of sp³-hybridized carbons (Fsp3) is 0.250. The Bertz CT molecular complexity index is 1700. The molecule has 0 saturated heterocycles. The number of terminal acetylenes is 1. The molecule has 1 aliphatic heterocycles. The van der Waals surface area contributed by atoms with Crippen LogP contribution in [0, 0.1) is 12.3 Å². The normalized spacial score (nSPS) is 14.8. The summed E-state index contributed by atoms with van der Waals surface area (Å²) in [5, 5.41) is 0.692. The molecule has 2 heterocycles. The fourth-order valence-electron chi connectivity index (χ4n) is 4.25. The van der Waals surface area contributed by atoms with E-state index in [-0.39, 0.29) is 22.8 Å². The topological polar surface area (TPSA) is 88.4 Å². The van der Waals surface area contributed by atoms with Gasteiger partial charge < -0.3 is 18.9 Å². The number of carbonyl (C=O) groups is 1. The van der Waals surface area contributed by atoms with Crippen molar-refractivity contribution in [2.45, 2.75) is 19.9 Å². The van der Waals surface area contributed by atoms with Crippen LogP contribution >= 0.6 is 34.5 Å². The number of aromatic nitrogens is 1. The van der Waals surface area contributed by atoms with Gasteiger partial charge in [-0.2, -0.15) is 0 Å². The van der Waals surface area contributed by atoms with Crippen LogP contribution in [-0.4, -0.2) is 38.0 Å². The van der Waals surface area contributed by atoms with Crippen LogP contribution in [0.25, 0.3) is 6.08 Å². The molecule has 4 rings (SSSR count). The molecular formula is C28H24Cl2N2O6S. The number of halogens is 2. The lowest BCUT2D eigenvalue weighted by molar-refractivity contribution is -0.136. The van der Waals surface area contributed by atoms with Gasteiger partial charge in [-0.3, -0.25) is 9.36 Å². The maximum absolute atomic E-state index is 13.9. The standard InChI is InChI=1S/C28H24Cl2N2O6S/c1-6-10-38-25-19(30)11-16(12-21(25)37-7-2)13-22-26(33)32-24(18-14-17(29)8-9-20(18)35-4)23(27(34)36-5)15(3)31-28(32)39-22/h1,8-9,11-14,24H,7,10H2,2-5H3/b22-13-/t24-/m0/s1. The molecule has 1 atom stereocenters. The zero-order valence-corrected chi connectivity index (χ0v) is 23.9. The maximum Gasteiger partial charge on any atom is 0.338 e. The molecule has 0 unspecified atom stereocenters. The average Bonchev–Trinajstić information content (AvgIpc) is 3.21. The minimum atomic E-state index is -0.883. The number of hydrogen-bond donors (Lipinski definition) is 0. The molecule has 0 amide bonds. The molecule has 8 nitrogen and oxygen atoms in total. The number of thiazole rings is 1. The summed E-state index contributed by atoms with van der Waals surface area (Å²) in [4.78, 5) is 31.8. The van der Waals surface area contributed by atoms with Crippen molar-refractivity contribution in [2.24, 2.45) is 4.99 Å². The van der Waals surface area contributed by atoms with E-state index in [4.69, 9.17) is 48.6 Å². The SMILES string of the molecule is C#CCOc1c(Cl)cc(/C=c2\sc3n(c2=O)[C@@H](c2cc(Cl)ccc2OC)C(C(=O)OC)=C(C)N=3)cc1OCC. The summed E-state index contributed by atoms with van der Waals surface area (Å²) in [5.74, 6) is 2.95. The van der Waals surface area contributed by atoms with E-state index in [0.29, 0.717) is 55.0 Å². The zero-order chi connectivity index (χ0) is 28.3. The number of rotatable bonds is 8. The van der Waals surface area contributed by atoms with Gasteiger partial charge in [-0.1, -0.05) is 40.5 Å². The number of allylic oxidation sites excluding steroid dienone is 1. The number of nitrogens with zero attached hydrogens (tertiary/aromatic N) is 2. The molecule has 2 aromatic carbocycles. The summed E-state index contributed by atoms with van der Waals surface area (Å²) in [6.45, 7) is 3.91. The van der Waals surface area contributed by atoms with E-state index >= 15 is 0 Å². The Kier molecular flexibility index (Phi) is 8.70. The Balaban J connectivity index is 1.96. The molecule has 0 saturated carbocycles. The molecule has 3 aromatic rings. The van der Waals surface area contributed by atoms with Gasteiger partial charge in [0.05, 0.1) is 41.7 Å². The second-order valence-electron chi connectivity index (χ2n) is 8.22. The first-order valence-electron chi connectivity index (χ1n) is 11.7. The largest absolute Gasteiger partial charge is 0.496 e. The fourth-order valence-corrected chi connectivity index (χ4v) is 5.75. The summed E-state index contributed by atoms with van der Waals surface area (Å²) in [6, 6.07) is 7.48. The summed E-state index contributed by atoms with van der Waals surface area (Å²) < 4.78 is 23.7. The molecule has 39 heavy (non-hydrogen) atoms. The van der Waals surface area contributed by atoms with Crippen molar-refractivity contribution in [3.63, 3.8) is 0 Å². The Hall–Kier alpha value is -3.71. The van der Waals surface area contributed by atoms with Crippen molar-refractivity contribution in [3.8, 4) is 29.6 Å². The number of esters is 1. The quantitative estimate of drug-likeness (QED) is 0.291. The van der Waals surface area contributed by atoms with Crippen LogP contribution in [0.3, 0.4) is 0 Å². The first-order chi connectivity index (χ1) is 18.7. The third kappa shape index (κ3) is 5.55. The van der Waals surface area contributed by atoms with Gasteiger partial charge in [-0.15, -0.1) is 6.42 Å². The summed E-state index contributed by atoms with van der Waals surface area (Å²) in [7, 11) is 2.78. The highest BCUT2D eigenvalue weighted by Crippen LogP contribution is 2.38. The Labute approximate surface area is 238 Å². The summed E-state index contributed by atoms with van der Waals surface area (Å²) in [5.41, 5.74) is 1.36. The number of methoxy groups -OCH3 is 2. The van der Waals surface area contributed by atoms with Crippen LogP contribution in [0.1, 0.15) is 31.0 Å². The van der Waals surface area contributed by atoms with Crippen LogP contribution in [0.2, 0.25) is 10.0 Å². The highest BCUT2D eigenvalue weighted by Gasteiger charge is 2.35. The van der Waals surface area contributed by atoms with Crippen LogP contribution in [-0.2, 0) is 9.53 Å². The van der Waals surface area contributed by atoms with Gasteiger partial charge in [-0.05, 0) is 55.8 Å². The Morgan fingerprint density at radius 3 is 2.64 bits per heavy atom. The van der Waals surface area contributed by atoms with E-state index in [1.54, 1.807) is 43.3 Å². The van der Waals surface area contributed by atoms with E-state index in [0.717, 1.165) is 0 Å². The van der Waals surface area contributed by atoms with Crippen LogP contribution < -0.4 is 29.1 Å². The third-order valence-electron chi connectivity index (χ3n) is 5.84. The number of benzene rings is 2. The number of fused-ring (bicyclic) bond motifs is 1. The lowest BCUT2D eigenvalue weighted by atomic mass is 9.95. The number of ether oxygens (including phenoxy) is 4. The van der Waals surface area contributed by atoms with Gasteiger partial charge >= 0.3 is 5.97 Å². The molecule has 202 valence electrons. The molecule has 0 radical (unpaired) electrons. The van der Waals surface area contributed by atoms with Crippen LogP contribution in [0.15, 0.2) is 51.4 Å². The smallest absolute Gasteiger partial charge is 0.338 e. The molecule has 1 aromatic heterocycles. The van der Waals surface area contributed by atoms with Gasteiger partial charge in [0.2, 0.25) is 0 Å². The van der Waals surface area contributed by atoms with Crippen molar-refractivity contribution in [2.75, 3.05) is 27.4 Å². The Morgan fingerprint density at radius 1 is 1.21 bits per heavy atom. The van der Waals surface area contributed by atoms with E-state index in [1.165, 1.54) is 30.1 Å². The summed E-state index contributed by atoms with van der Waals surface area (Å²) >= 11 is 14.0. The molecule has 1 aliphatic rings. The van der Waals surface area contributed by atoms with Gasteiger partial charge in [0.15, 0.2) is 16.3 Å². The van der Waals surface area contributed by atoms with E-state index in [2.05, 4.69) is 10.9 Å². The van der Waals surface area contributed by atoms with Gasteiger partial charge in [0, 0.05) is 10.6 Å². The summed E-state index contributed by atoms with van der Waals surface area (Å²) in [6.07, 6.45) is 6.99. The minimum absolute atomic E-state index is 0.0204. The number of carbonyl (C=O) groups excluding carboxylic acids is 1. The Morgan fingerprint density at radius 2 is 1.97 bits per heavy atom. The highest BCUT2D eigenvalue weighted by atomic mass is 35.5. The number of hydrogen-bond acceptors (Lipinski definition) is 8. The average molecular weight is 587 g/mol. The predicted octanol–water partition coefficient (Wildman–Crippen LogP) is 4.13. The van der Waals surface area contributed by atoms with Gasteiger partial charge in [0.25, 0.3) is 5.56 Å². The first kappa shape index (κ1) is 28.3.